The molecule has 0 aromatic heterocycles. The molecule has 4 nitrogen and oxygen atoms in total. The third-order valence-electron chi connectivity index (χ3n) is 1.56. The SMILES string of the molecule is CCCC(NN(C)C)C(=O)OCC. The summed E-state index contributed by atoms with van der Waals surface area (Å²) in [6.45, 7) is 4.30. The summed E-state index contributed by atoms with van der Waals surface area (Å²) in [5, 5.41) is 1.78. The zero-order chi connectivity index (χ0) is 10.3. The van der Waals surface area contributed by atoms with Gasteiger partial charge in [0.2, 0.25) is 0 Å². The van der Waals surface area contributed by atoms with E-state index in [1.807, 2.05) is 27.9 Å². The van der Waals surface area contributed by atoms with Gasteiger partial charge < -0.3 is 4.74 Å². The number of esters is 1. The fraction of sp³-hybridized carbons (Fsp3) is 0.889. The van der Waals surface area contributed by atoms with Crippen LogP contribution in [-0.4, -0.2) is 37.7 Å². The monoisotopic (exact) mass is 188 g/mol. The quantitative estimate of drug-likeness (QED) is 0.494. The summed E-state index contributed by atoms with van der Waals surface area (Å²) in [5.41, 5.74) is 3.02. The number of nitrogens with zero attached hydrogens (tertiary/aromatic N) is 1. The van der Waals surface area contributed by atoms with E-state index in [1.54, 1.807) is 5.01 Å². The number of hydrogen-bond acceptors (Lipinski definition) is 4. The highest BCUT2D eigenvalue weighted by Crippen LogP contribution is 1.99. The summed E-state index contributed by atoms with van der Waals surface area (Å²) in [6.07, 6.45) is 1.77. The van der Waals surface area contributed by atoms with Crippen LogP contribution in [-0.2, 0) is 9.53 Å². The third kappa shape index (κ3) is 5.60. The molecular formula is C9H20N2O2. The second kappa shape index (κ2) is 6.86. The van der Waals surface area contributed by atoms with Crippen molar-refractivity contribution in [2.75, 3.05) is 20.7 Å². The Morgan fingerprint density at radius 1 is 1.46 bits per heavy atom. The fourth-order valence-electron chi connectivity index (χ4n) is 1.08. The van der Waals surface area contributed by atoms with E-state index in [4.69, 9.17) is 4.74 Å². The Morgan fingerprint density at radius 3 is 2.46 bits per heavy atom. The lowest BCUT2D eigenvalue weighted by molar-refractivity contribution is -0.147. The molecule has 0 saturated carbocycles. The lowest BCUT2D eigenvalue weighted by Gasteiger charge is -2.20. The van der Waals surface area contributed by atoms with Gasteiger partial charge in [-0.3, -0.25) is 4.79 Å². The maximum atomic E-state index is 11.4. The number of carbonyl (C=O) groups is 1. The predicted octanol–water partition coefficient (Wildman–Crippen LogP) is 0.784. The molecule has 0 aromatic carbocycles. The summed E-state index contributed by atoms with van der Waals surface area (Å²) >= 11 is 0. The van der Waals surface area contributed by atoms with Gasteiger partial charge in [-0.15, -0.1) is 0 Å². The maximum absolute atomic E-state index is 11.4. The molecule has 4 heteroatoms. The highest BCUT2D eigenvalue weighted by Gasteiger charge is 2.18. The molecule has 0 aliphatic heterocycles. The van der Waals surface area contributed by atoms with Gasteiger partial charge in [-0.2, -0.15) is 0 Å². The summed E-state index contributed by atoms with van der Waals surface area (Å²) < 4.78 is 4.93. The van der Waals surface area contributed by atoms with E-state index in [9.17, 15) is 4.79 Å². The van der Waals surface area contributed by atoms with Gasteiger partial charge in [0.25, 0.3) is 0 Å². The standard InChI is InChI=1S/C9H20N2O2/c1-5-7-8(10-11(3)4)9(12)13-6-2/h8,10H,5-7H2,1-4H3. The molecule has 1 atom stereocenters. The summed E-state index contributed by atoms with van der Waals surface area (Å²) in [5.74, 6) is -0.168. The first-order valence-corrected chi connectivity index (χ1v) is 4.71. The summed E-state index contributed by atoms with van der Waals surface area (Å²) in [7, 11) is 3.73. The molecule has 0 amide bonds. The normalized spacial score (nSPS) is 13.0. The second-order valence-corrected chi connectivity index (χ2v) is 3.12. The Morgan fingerprint density at radius 2 is 2.08 bits per heavy atom. The Bertz CT molecular complexity index is 149. The highest BCUT2D eigenvalue weighted by molar-refractivity contribution is 5.75. The van der Waals surface area contributed by atoms with Gasteiger partial charge in [-0.05, 0) is 13.3 Å². The van der Waals surface area contributed by atoms with Crippen molar-refractivity contribution >= 4 is 5.97 Å². The molecule has 0 radical (unpaired) electrons. The van der Waals surface area contributed by atoms with Gasteiger partial charge >= 0.3 is 5.97 Å². The molecule has 0 bridgehead atoms. The Kier molecular flexibility index (Phi) is 6.54. The fourth-order valence-corrected chi connectivity index (χ4v) is 1.08. The molecular weight excluding hydrogens is 168 g/mol. The van der Waals surface area contributed by atoms with E-state index >= 15 is 0 Å². The third-order valence-corrected chi connectivity index (χ3v) is 1.56. The predicted molar refractivity (Wildman–Crippen MR) is 52.2 cm³/mol. The molecule has 0 rings (SSSR count). The number of carbonyl (C=O) groups excluding carboxylic acids is 1. The zero-order valence-corrected chi connectivity index (χ0v) is 8.96. The summed E-state index contributed by atoms with van der Waals surface area (Å²) in [6, 6.07) is -0.208. The van der Waals surface area contributed by atoms with Gasteiger partial charge in [0.1, 0.15) is 6.04 Å². The summed E-state index contributed by atoms with van der Waals surface area (Å²) in [4.78, 5) is 11.4. The molecule has 0 saturated heterocycles. The number of hydrazine groups is 1. The van der Waals surface area contributed by atoms with Crippen LogP contribution in [0.2, 0.25) is 0 Å². The highest BCUT2D eigenvalue weighted by atomic mass is 16.5. The molecule has 0 heterocycles. The maximum Gasteiger partial charge on any atom is 0.324 e. The van der Waals surface area contributed by atoms with Crippen LogP contribution in [0.4, 0.5) is 0 Å². The minimum atomic E-state index is -0.208. The molecule has 0 aromatic rings. The number of ether oxygens (including phenoxy) is 1. The zero-order valence-electron chi connectivity index (χ0n) is 8.96. The Labute approximate surface area is 80.2 Å². The molecule has 0 spiro atoms. The molecule has 1 N–H and O–H groups in total. The van der Waals surface area contributed by atoms with Gasteiger partial charge in [-0.1, -0.05) is 13.3 Å². The first-order chi connectivity index (χ1) is 6.11. The Balaban J connectivity index is 3.98. The molecule has 0 aliphatic rings. The van der Waals surface area contributed by atoms with E-state index in [-0.39, 0.29) is 12.0 Å². The van der Waals surface area contributed by atoms with Gasteiger partial charge in [-0.25, -0.2) is 10.4 Å². The average molecular weight is 188 g/mol. The van der Waals surface area contributed by atoms with Gasteiger partial charge in [0.05, 0.1) is 6.61 Å². The van der Waals surface area contributed by atoms with E-state index in [1.165, 1.54) is 0 Å². The van der Waals surface area contributed by atoms with Crippen LogP contribution in [0.15, 0.2) is 0 Å². The molecule has 13 heavy (non-hydrogen) atoms. The van der Waals surface area contributed by atoms with Crippen molar-refractivity contribution in [3.05, 3.63) is 0 Å². The van der Waals surface area contributed by atoms with Crippen molar-refractivity contribution < 1.29 is 9.53 Å². The van der Waals surface area contributed by atoms with Crippen molar-refractivity contribution in [1.29, 1.82) is 0 Å². The average Bonchev–Trinajstić information content (AvgIpc) is 2.03. The number of rotatable bonds is 6. The van der Waals surface area contributed by atoms with Crippen molar-refractivity contribution in [3.8, 4) is 0 Å². The van der Waals surface area contributed by atoms with Crippen LogP contribution in [0, 0.1) is 0 Å². The van der Waals surface area contributed by atoms with Crippen LogP contribution < -0.4 is 5.43 Å². The Hall–Kier alpha value is -0.610. The smallest absolute Gasteiger partial charge is 0.324 e. The second-order valence-electron chi connectivity index (χ2n) is 3.12. The van der Waals surface area contributed by atoms with Crippen molar-refractivity contribution in [2.24, 2.45) is 0 Å². The molecule has 78 valence electrons. The van der Waals surface area contributed by atoms with Crippen LogP contribution in [0.5, 0.6) is 0 Å². The topological polar surface area (TPSA) is 41.6 Å². The van der Waals surface area contributed by atoms with Crippen LogP contribution in [0.1, 0.15) is 26.7 Å². The van der Waals surface area contributed by atoms with E-state index in [0.29, 0.717) is 6.61 Å². The van der Waals surface area contributed by atoms with Gasteiger partial charge in [0.15, 0.2) is 0 Å². The minimum absolute atomic E-state index is 0.168. The van der Waals surface area contributed by atoms with Crippen molar-refractivity contribution in [3.63, 3.8) is 0 Å². The van der Waals surface area contributed by atoms with Crippen LogP contribution in [0.25, 0.3) is 0 Å². The number of hydrogen-bond donors (Lipinski definition) is 1. The van der Waals surface area contributed by atoms with Crippen LogP contribution >= 0.6 is 0 Å². The van der Waals surface area contributed by atoms with E-state index in [0.717, 1.165) is 12.8 Å². The lowest BCUT2D eigenvalue weighted by atomic mass is 10.2. The van der Waals surface area contributed by atoms with Gasteiger partial charge in [0, 0.05) is 14.1 Å². The van der Waals surface area contributed by atoms with Crippen molar-refractivity contribution in [2.45, 2.75) is 32.7 Å². The van der Waals surface area contributed by atoms with Crippen LogP contribution in [0.3, 0.4) is 0 Å². The molecule has 0 aliphatic carbocycles. The minimum Gasteiger partial charge on any atom is -0.465 e. The molecule has 0 fully saturated rings. The number of nitrogens with one attached hydrogen (secondary N) is 1. The van der Waals surface area contributed by atoms with E-state index < -0.39 is 0 Å². The largest absolute Gasteiger partial charge is 0.465 e. The van der Waals surface area contributed by atoms with E-state index in [2.05, 4.69) is 5.43 Å². The first-order valence-electron chi connectivity index (χ1n) is 4.71. The lowest BCUT2D eigenvalue weighted by Crippen LogP contribution is -2.45. The first kappa shape index (κ1) is 12.4. The molecule has 1 unspecified atom stereocenters. The van der Waals surface area contributed by atoms with Crippen molar-refractivity contribution in [1.82, 2.24) is 10.4 Å².